The highest BCUT2D eigenvalue weighted by Gasteiger charge is 2.23. The summed E-state index contributed by atoms with van der Waals surface area (Å²) in [6.07, 6.45) is 1.55. The van der Waals surface area contributed by atoms with Crippen LogP contribution in [0.15, 0.2) is 75.4 Å². The number of ketones is 1. The summed E-state index contributed by atoms with van der Waals surface area (Å²) in [5.74, 6) is -1.86. The zero-order chi connectivity index (χ0) is 24.9. The zero-order valence-electron chi connectivity index (χ0n) is 18.7. The van der Waals surface area contributed by atoms with E-state index in [9.17, 15) is 19.2 Å². The lowest BCUT2D eigenvalue weighted by molar-refractivity contribution is -0.139. The molecule has 0 aliphatic rings. The van der Waals surface area contributed by atoms with Gasteiger partial charge in [0.05, 0.1) is 29.5 Å². The van der Waals surface area contributed by atoms with Gasteiger partial charge in [0.2, 0.25) is 5.78 Å². The van der Waals surface area contributed by atoms with Gasteiger partial charge in [-0.15, -0.1) is 0 Å². The van der Waals surface area contributed by atoms with Gasteiger partial charge in [-0.2, -0.15) is 0 Å². The van der Waals surface area contributed by atoms with Gasteiger partial charge in [0.15, 0.2) is 6.61 Å². The third kappa shape index (κ3) is 5.30. The van der Waals surface area contributed by atoms with Crippen molar-refractivity contribution in [2.75, 3.05) is 18.1 Å². The topological polar surface area (TPSA) is 139 Å². The zero-order valence-corrected chi connectivity index (χ0v) is 19.5. The third-order valence-corrected chi connectivity index (χ3v) is 6.05. The largest absolute Gasteiger partial charge is 0.457 e. The number of thioether (sulfide) groups is 1. The first-order chi connectivity index (χ1) is 16.8. The fourth-order valence-corrected chi connectivity index (χ4v) is 4.01. The van der Waals surface area contributed by atoms with Crippen LogP contribution in [0, 0.1) is 0 Å². The molecule has 0 saturated heterocycles. The predicted octanol–water partition coefficient (Wildman–Crippen LogP) is 1.64. The SMILES string of the molecule is Cn1c(=O)c(C(=O)COC(=O)CSc2cnc3ccccc3n2)c(N)n(Cc2ccccc2)c1=O. The second-order valence-corrected chi connectivity index (χ2v) is 8.54. The molecule has 4 rings (SSSR count). The van der Waals surface area contributed by atoms with Crippen molar-refractivity contribution in [3.8, 4) is 0 Å². The van der Waals surface area contributed by atoms with E-state index in [-0.39, 0.29) is 18.1 Å². The van der Waals surface area contributed by atoms with Crippen LogP contribution in [0.5, 0.6) is 0 Å². The molecule has 2 heterocycles. The molecule has 0 atom stereocenters. The van der Waals surface area contributed by atoms with E-state index in [0.717, 1.165) is 32.0 Å². The Kier molecular flexibility index (Phi) is 7.06. The van der Waals surface area contributed by atoms with Crippen LogP contribution in [-0.2, 0) is 23.1 Å². The molecule has 0 radical (unpaired) electrons. The summed E-state index contributed by atoms with van der Waals surface area (Å²) in [5.41, 5.74) is 6.34. The highest BCUT2D eigenvalue weighted by atomic mass is 32.2. The van der Waals surface area contributed by atoms with Gasteiger partial charge in [0, 0.05) is 7.05 Å². The minimum Gasteiger partial charge on any atom is -0.457 e. The van der Waals surface area contributed by atoms with Crippen molar-refractivity contribution < 1.29 is 14.3 Å². The number of fused-ring (bicyclic) bond motifs is 1. The maximum absolute atomic E-state index is 12.8. The first-order valence-corrected chi connectivity index (χ1v) is 11.5. The quantitative estimate of drug-likeness (QED) is 0.221. The van der Waals surface area contributed by atoms with E-state index in [0.29, 0.717) is 10.5 Å². The molecule has 2 aromatic heterocycles. The molecule has 2 N–H and O–H groups in total. The highest BCUT2D eigenvalue weighted by molar-refractivity contribution is 7.99. The summed E-state index contributed by atoms with van der Waals surface area (Å²) >= 11 is 1.11. The number of Topliss-reactive ketones (excluding diaryl/α,β-unsaturated/α-hetero) is 1. The molecule has 0 fully saturated rings. The van der Waals surface area contributed by atoms with Gasteiger partial charge in [-0.25, -0.2) is 9.78 Å². The second-order valence-electron chi connectivity index (χ2n) is 7.55. The van der Waals surface area contributed by atoms with Gasteiger partial charge in [-0.05, 0) is 17.7 Å². The molecule has 0 unspecified atom stereocenters. The van der Waals surface area contributed by atoms with E-state index in [1.54, 1.807) is 30.5 Å². The van der Waals surface area contributed by atoms with E-state index in [1.165, 1.54) is 7.05 Å². The first-order valence-electron chi connectivity index (χ1n) is 10.5. The van der Waals surface area contributed by atoms with Crippen molar-refractivity contribution in [2.24, 2.45) is 7.05 Å². The van der Waals surface area contributed by atoms with Crippen LogP contribution in [0.2, 0.25) is 0 Å². The lowest BCUT2D eigenvalue weighted by Crippen LogP contribution is -2.43. The van der Waals surface area contributed by atoms with Gasteiger partial charge < -0.3 is 10.5 Å². The average molecular weight is 492 g/mol. The highest BCUT2D eigenvalue weighted by Crippen LogP contribution is 2.18. The Morgan fingerprint density at radius 3 is 2.46 bits per heavy atom. The molecule has 0 amide bonds. The predicted molar refractivity (Wildman–Crippen MR) is 131 cm³/mol. The summed E-state index contributed by atoms with van der Waals surface area (Å²) in [4.78, 5) is 58.9. The number of hydrogen-bond donors (Lipinski definition) is 1. The third-order valence-electron chi connectivity index (χ3n) is 5.17. The molecule has 0 bridgehead atoms. The Labute approximate surface area is 203 Å². The number of nitrogen functional groups attached to an aromatic ring is 1. The van der Waals surface area contributed by atoms with Crippen LogP contribution in [0.4, 0.5) is 5.82 Å². The molecule has 0 aliphatic heterocycles. The van der Waals surface area contributed by atoms with Crippen molar-refractivity contribution in [1.29, 1.82) is 0 Å². The molecular formula is C24H21N5O5S. The van der Waals surface area contributed by atoms with Crippen molar-refractivity contribution in [2.45, 2.75) is 11.6 Å². The minimum atomic E-state index is -0.848. The van der Waals surface area contributed by atoms with E-state index >= 15 is 0 Å². The molecular weight excluding hydrogens is 470 g/mol. The number of ether oxygens (including phenoxy) is 1. The number of anilines is 1. The number of esters is 1. The van der Waals surface area contributed by atoms with Crippen LogP contribution in [0.1, 0.15) is 15.9 Å². The molecule has 11 heteroatoms. The maximum Gasteiger partial charge on any atom is 0.332 e. The number of para-hydroxylation sites is 2. The van der Waals surface area contributed by atoms with Gasteiger partial charge >= 0.3 is 11.7 Å². The van der Waals surface area contributed by atoms with E-state index in [4.69, 9.17) is 10.5 Å². The number of nitrogens with zero attached hydrogens (tertiary/aromatic N) is 4. The standard InChI is InChI=1S/C24H21N5O5S/c1-28-23(32)21(22(25)29(24(28)33)12-15-7-3-2-4-8-15)18(30)13-34-20(31)14-35-19-11-26-16-9-5-6-10-17(16)27-19/h2-11H,12-14,25H2,1H3. The fraction of sp³-hybridized carbons (Fsp3) is 0.167. The molecule has 178 valence electrons. The van der Waals surface area contributed by atoms with Crippen LogP contribution < -0.4 is 17.0 Å². The van der Waals surface area contributed by atoms with Gasteiger partial charge in [0.25, 0.3) is 5.56 Å². The Morgan fingerprint density at radius 1 is 1.03 bits per heavy atom. The summed E-state index contributed by atoms with van der Waals surface area (Å²) in [7, 11) is 1.26. The second kappa shape index (κ2) is 10.3. The molecule has 10 nitrogen and oxygen atoms in total. The van der Waals surface area contributed by atoms with Crippen LogP contribution in [0.25, 0.3) is 11.0 Å². The van der Waals surface area contributed by atoms with Crippen molar-refractivity contribution in [3.63, 3.8) is 0 Å². The molecule has 0 spiro atoms. The normalized spacial score (nSPS) is 10.9. The van der Waals surface area contributed by atoms with Gasteiger partial charge in [-0.3, -0.25) is 28.5 Å². The van der Waals surface area contributed by atoms with Crippen molar-refractivity contribution in [3.05, 3.63) is 92.8 Å². The van der Waals surface area contributed by atoms with Crippen LogP contribution >= 0.6 is 11.8 Å². The first kappa shape index (κ1) is 23.9. The summed E-state index contributed by atoms with van der Waals surface area (Å²) in [6, 6.07) is 16.3. The fourth-order valence-electron chi connectivity index (χ4n) is 3.37. The maximum atomic E-state index is 12.8. The van der Waals surface area contributed by atoms with Crippen molar-refractivity contribution in [1.82, 2.24) is 19.1 Å². The number of carbonyl (C=O) groups is 2. The Hall–Kier alpha value is -4.25. The van der Waals surface area contributed by atoms with Crippen LogP contribution in [0.3, 0.4) is 0 Å². The molecule has 0 saturated carbocycles. The monoisotopic (exact) mass is 491 g/mol. The van der Waals surface area contributed by atoms with E-state index in [1.807, 2.05) is 30.3 Å². The lowest BCUT2D eigenvalue weighted by atomic mass is 10.2. The Bertz CT molecular complexity index is 1530. The number of benzene rings is 2. The average Bonchev–Trinajstić information content (AvgIpc) is 2.88. The number of hydrogen-bond acceptors (Lipinski definition) is 9. The van der Waals surface area contributed by atoms with Gasteiger partial charge in [0.1, 0.15) is 16.4 Å². The summed E-state index contributed by atoms with van der Waals surface area (Å²) < 4.78 is 7.00. The van der Waals surface area contributed by atoms with E-state index < -0.39 is 35.2 Å². The Balaban J connectivity index is 1.44. The number of rotatable bonds is 8. The summed E-state index contributed by atoms with van der Waals surface area (Å²) in [5, 5.41) is 0.526. The molecule has 4 aromatic rings. The molecule has 35 heavy (non-hydrogen) atoms. The lowest BCUT2D eigenvalue weighted by Gasteiger charge is -2.14. The molecule has 2 aromatic carbocycles. The smallest absolute Gasteiger partial charge is 0.332 e. The van der Waals surface area contributed by atoms with Gasteiger partial charge in [-0.1, -0.05) is 54.2 Å². The number of aromatic nitrogens is 4. The molecule has 0 aliphatic carbocycles. The number of nitrogens with two attached hydrogens (primary N) is 1. The van der Waals surface area contributed by atoms with Crippen molar-refractivity contribution >= 4 is 40.4 Å². The Morgan fingerprint density at radius 2 is 1.71 bits per heavy atom. The minimum absolute atomic E-state index is 0.0725. The number of carbonyl (C=O) groups excluding carboxylic acids is 2. The van der Waals surface area contributed by atoms with Crippen LogP contribution in [-0.4, -0.2) is 43.2 Å². The van der Waals surface area contributed by atoms with E-state index in [2.05, 4.69) is 9.97 Å². The summed E-state index contributed by atoms with van der Waals surface area (Å²) in [6.45, 7) is -0.616.